The lowest BCUT2D eigenvalue weighted by molar-refractivity contribution is 0.134. The predicted octanol–water partition coefficient (Wildman–Crippen LogP) is 2.81. The molecule has 0 saturated carbocycles. The van der Waals surface area contributed by atoms with Gasteiger partial charge in [-0.1, -0.05) is 30.3 Å². The molecule has 0 aliphatic rings. The van der Waals surface area contributed by atoms with E-state index in [9.17, 15) is 0 Å². The highest BCUT2D eigenvalue weighted by Crippen LogP contribution is 2.30. The summed E-state index contributed by atoms with van der Waals surface area (Å²) in [6.45, 7) is 3.72. The molecule has 0 unspecified atom stereocenters. The Morgan fingerprint density at radius 2 is 2.06 bits per heavy atom. The topological polar surface area (TPSA) is 48.1 Å². The van der Waals surface area contributed by atoms with Gasteiger partial charge in [0, 0.05) is 13.2 Å². The van der Waals surface area contributed by atoms with E-state index in [-0.39, 0.29) is 0 Å². The van der Waals surface area contributed by atoms with E-state index in [1.807, 2.05) is 25.1 Å². The number of nitrogens with two attached hydrogens (primary N) is 1. The first-order chi connectivity index (χ1) is 8.35. The van der Waals surface area contributed by atoms with Crippen LogP contribution in [0.2, 0.25) is 0 Å². The highest BCUT2D eigenvalue weighted by atomic mass is 32.1. The van der Waals surface area contributed by atoms with Crippen molar-refractivity contribution < 1.29 is 4.74 Å². The van der Waals surface area contributed by atoms with Gasteiger partial charge in [0.2, 0.25) is 0 Å². The number of hydrogen-bond acceptors (Lipinski definition) is 4. The minimum Gasteiger partial charge on any atom is -0.375 e. The molecule has 0 saturated heterocycles. The summed E-state index contributed by atoms with van der Waals surface area (Å²) in [5.41, 5.74) is 7.86. The van der Waals surface area contributed by atoms with Crippen molar-refractivity contribution in [2.24, 2.45) is 5.73 Å². The zero-order valence-electron chi connectivity index (χ0n) is 9.85. The van der Waals surface area contributed by atoms with Crippen molar-refractivity contribution in [3.63, 3.8) is 0 Å². The first kappa shape index (κ1) is 12.2. The van der Waals surface area contributed by atoms with E-state index in [1.54, 1.807) is 11.3 Å². The van der Waals surface area contributed by atoms with Crippen LogP contribution in [0.5, 0.6) is 0 Å². The first-order valence-electron chi connectivity index (χ1n) is 5.67. The Bertz CT molecular complexity index is 468. The van der Waals surface area contributed by atoms with Crippen molar-refractivity contribution in [2.45, 2.75) is 20.1 Å². The Kier molecular flexibility index (Phi) is 4.25. The molecule has 4 heteroatoms. The maximum Gasteiger partial charge on any atom is 0.119 e. The molecule has 0 aliphatic carbocycles. The molecular weight excluding hydrogens is 232 g/mol. The summed E-state index contributed by atoms with van der Waals surface area (Å²) in [6, 6.07) is 10.2. The molecule has 2 aromatic rings. The fourth-order valence-electron chi connectivity index (χ4n) is 1.61. The molecule has 2 N–H and O–H groups in total. The molecule has 0 aliphatic heterocycles. The van der Waals surface area contributed by atoms with E-state index in [2.05, 4.69) is 17.1 Å². The molecule has 0 amide bonds. The third-order valence-electron chi connectivity index (χ3n) is 2.40. The molecule has 1 aromatic heterocycles. The van der Waals surface area contributed by atoms with Crippen LogP contribution in [0.4, 0.5) is 0 Å². The molecule has 90 valence electrons. The lowest BCUT2D eigenvalue weighted by atomic mass is 10.1. The maximum atomic E-state index is 5.73. The van der Waals surface area contributed by atoms with Crippen LogP contribution < -0.4 is 5.73 Å². The molecule has 0 atom stereocenters. The summed E-state index contributed by atoms with van der Waals surface area (Å²) >= 11 is 1.66. The standard InChI is InChI=1S/C13H16N2OS/c1-2-16-9-12-15-11(8-14)13(17-12)10-6-4-3-5-7-10/h3-7H,2,8-9,14H2,1H3. The van der Waals surface area contributed by atoms with Gasteiger partial charge in [-0.2, -0.15) is 0 Å². The Hall–Kier alpha value is -1.23. The first-order valence-corrected chi connectivity index (χ1v) is 6.48. The number of aromatic nitrogens is 1. The third kappa shape index (κ3) is 2.91. The van der Waals surface area contributed by atoms with Gasteiger partial charge in [-0.15, -0.1) is 11.3 Å². The molecule has 0 fully saturated rings. The minimum atomic E-state index is 0.465. The summed E-state index contributed by atoms with van der Waals surface area (Å²) in [6.07, 6.45) is 0. The number of hydrogen-bond donors (Lipinski definition) is 1. The monoisotopic (exact) mass is 248 g/mol. The molecule has 17 heavy (non-hydrogen) atoms. The quantitative estimate of drug-likeness (QED) is 0.885. The number of benzene rings is 1. The molecule has 0 spiro atoms. The van der Waals surface area contributed by atoms with Crippen LogP contribution in [-0.2, 0) is 17.9 Å². The average molecular weight is 248 g/mol. The molecular formula is C13H16N2OS. The number of rotatable bonds is 5. The van der Waals surface area contributed by atoms with Crippen LogP contribution >= 0.6 is 11.3 Å². The fourth-order valence-corrected chi connectivity index (χ4v) is 2.64. The van der Waals surface area contributed by atoms with Crippen molar-refractivity contribution in [1.29, 1.82) is 0 Å². The normalized spacial score (nSPS) is 10.7. The van der Waals surface area contributed by atoms with Crippen molar-refractivity contribution in [3.8, 4) is 10.4 Å². The molecule has 1 heterocycles. The number of thiazole rings is 1. The van der Waals surface area contributed by atoms with Gasteiger partial charge < -0.3 is 10.5 Å². The van der Waals surface area contributed by atoms with E-state index in [0.717, 1.165) is 15.6 Å². The Balaban J connectivity index is 2.30. The zero-order valence-corrected chi connectivity index (χ0v) is 10.7. The molecule has 3 nitrogen and oxygen atoms in total. The Morgan fingerprint density at radius 3 is 2.71 bits per heavy atom. The van der Waals surface area contributed by atoms with Crippen molar-refractivity contribution in [2.75, 3.05) is 6.61 Å². The van der Waals surface area contributed by atoms with E-state index < -0.39 is 0 Å². The third-order valence-corrected chi connectivity index (χ3v) is 3.52. The van der Waals surface area contributed by atoms with Crippen LogP contribution in [0.3, 0.4) is 0 Å². The van der Waals surface area contributed by atoms with Gasteiger partial charge in [-0.3, -0.25) is 0 Å². The minimum absolute atomic E-state index is 0.465. The second kappa shape index (κ2) is 5.91. The van der Waals surface area contributed by atoms with Gasteiger partial charge >= 0.3 is 0 Å². The lowest BCUT2D eigenvalue weighted by Gasteiger charge is -1.98. The van der Waals surface area contributed by atoms with E-state index in [1.165, 1.54) is 5.56 Å². The van der Waals surface area contributed by atoms with E-state index in [0.29, 0.717) is 19.8 Å². The van der Waals surface area contributed by atoms with Gasteiger partial charge in [-0.05, 0) is 12.5 Å². The van der Waals surface area contributed by atoms with Gasteiger partial charge in [0.1, 0.15) is 5.01 Å². The SMILES string of the molecule is CCOCc1nc(CN)c(-c2ccccc2)s1. The van der Waals surface area contributed by atoms with Gasteiger partial charge in [0.05, 0.1) is 17.2 Å². The van der Waals surface area contributed by atoms with Crippen molar-refractivity contribution in [3.05, 3.63) is 41.0 Å². The summed E-state index contributed by atoms with van der Waals surface area (Å²) in [4.78, 5) is 5.67. The maximum absolute atomic E-state index is 5.73. The number of ether oxygens (including phenoxy) is 1. The summed E-state index contributed by atoms with van der Waals surface area (Å²) < 4.78 is 5.38. The van der Waals surface area contributed by atoms with Gasteiger partial charge in [0.25, 0.3) is 0 Å². The highest BCUT2D eigenvalue weighted by Gasteiger charge is 2.11. The summed E-state index contributed by atoms with van der Waals surface area (Å²) in [5, 5.41) is 0.992. The second-order valence-corrected chi connectivity index (χ2v) is 4.67. The van der Waals surface area contributed by atoms with Crippen LogP contribution in [0.25, 0.3) is 10.4 Å². The van der Waals surface area contributed by atoms with Crippen LogP contribution in [0.15, 0.2) is 30.3 Å². The smallest absolute Gasteiger partial charge is 0.119 e. The number of nitrogens with zero attached hydrogens (tertiary/aromatic N) is 1. The van der Waals surface area contributed by atoms with Crippen LogP contribution in [0, 0.1) is 0 Å². The lowest BCUT2D eigenvalue weighted by Crippen LogP contribution is -1.99. The second-order valence-electron chi connectivity index (χ2n) is 3.59. The molecule has 0 bridgehead atoms. The van der Waals surface area contributed by atoms with Gasteiger partial charge in [-0.25, -0.2) is 4.98 Å². The average Bonchev–Trinajstić information content (AvgIpc) is 2.80. The van der Waals surface area contributed by atoms with E-state index >= 15 is 0 Å². The van der Waals surface area contributed by atoms with Crippen LogP contribution in [0.1, 0.15) is 17.6 Å². The van der Waals surface area contributed by atoms with E-state index in [4.69, 9.17) is 10.5 Å². The Labute approximate surface area is 105 Å². The van der Waals surface area contributed by atoms with Crippen molar-refractivity contribution >= 4 is 11.3 Å². The molecule has 1 aromatic carbocycles. The molecule has 0 radical (unpaired) electrons. The highest BCUT2D eigenvalue weighted by molar-refractivity contribution is 7.15. The largest absolute Gasteiger partial charge is 0.375 e. The predicted molar refractivity (Wildman–Crippen MR) is 70.8 cm³/mol. The zero-order chi connectivity index (χ0) is 12.1. The summed E-state index contributed by atoms with van der Waals surface area (Å²) in [7, 11) is 0. The van der Waals surface area contributed by atoms with Crippen molar-refractivity contribution in [1.82, 2.24) is 4.98 Å². The van der Waals surface area contributed by atoms with Gasteiger partial charge in [0.15, 0.2) is 0 Å². The summed E-state index contributed by atoms with van der Waals surface area (Å²) in [5.74, 6) is 0. The Morgan fingerprint density at radius 1 is 1.29 bits per heavy atom. The van der Waals surface area contributed by atoms with Crippen LogP contribution in [-0.4, -0.2) is 11.6 Å². The molecule has 2 rings (SSSR count). The fraction of sp³-hybridized carbons (Fsp3) is 0.308.